The van der Waals surface area contributed by atoms with E-state index in [0.717, 1.165) is 193 Å². The van der Waals surface area contributed by atoms with E-state index >= 15 is 0 Å². The lowest BCUT2D eigenvalue weighted by Gasteiger charge is -2.28. The van der Waals surface area contributed by atoms with E-state index in [0.29, 0.717) is 52.9 Å². The van der Waals surface area contributed by atoms with Crippen LogP contribution >= 0.6 is 0 Å². The minimum atomic E-state index is 0.620. The van der Waals surface area contributed by atoms with Crippen LogP contribution in [0, 0.1) is 0 Å². The van der Waals surface area contributed by atoms with Crippen LogP contribution in [0.3, 0.4) is 0 Å². The Hall–Kier alpha value is -4.72. The van der Waals surface area contributed by atoms with Crippen molar-refractivity contribution in [2.24, 2.45) is 0 Å². The second kappa shape index (κ2) is 47.2. The van der Waals surface area contributed by atoms with Gasteiger partial charge < -0.3 is 37.9 Å². The van der Waals surface area contributed by atoms with Crippen molar-refractivity contribution >= 4 is 0 Å². The third-order valence-corrected chi connectivity index (χ3v) is 17.5. The maximum absolute atomic E-state index is 7.02. The number of unbranched alkanes of at least 4 members (excludes halogenated alkanes) is 32. The van der Waals surface area contributed by atoms with Crippen molar-refractivity contribution in [2.75, 3.05) is 52.9 Å². The minimum Gasteiger partial charge on any atom is -0.490 e. The summed E-state index contributed by atoms with van der Waals surface area (Å²) in [5, 5.41) is 0. The van der Waals surface area contributed by atoms with E-state index in [4.69, 9.17) is 37.9 Å². The molecule has 88 heavy (non-hydrogen) atoms. The van der Waals surface area contributed by atoms with Crippen LogP contribution in [0.2, 0.25) is 0 Å². The zero-order chi connectivity index (χ0) is 62.5. The molecule has 0 aliphatic heterocycles. The Labute approximate surface area is 539 Å². The number of ether oxygens (including phenoxy) is 8. The quantitative estimate of drug-likeness (QED) is 0.0357. The average Bonchev–Trinajstić information content (AvgIpc) is 0.756. The second-order valence-corrected chi connectivity index (χ2v) is 25.5. The number of hydrogen-bond donors (Lipinski definition) is 0. The maximum atomic E-state index is 7.02. The molecule has 0 aromatic heterocycles. The molecule has 1 aliphatic rings. The Bertz CT molecular complexity index is 1900. The van der Waals surface area contributed by atoms with Gasteiger partial charge in [0.15, 0.2) is 46.0 Å². The van der Waals surface area contributed by atoms with Crippen molar-refractivity contribution < 1.29 is 37.9 Å². The molecule has 4 aromatic carbocycles. The van der Waals surface area contributed by atoms with Crippen molar-refractivity contribution in [3.63, 3.8) is 0 Å². The van der Waals surface area contributed by atoms with Crippen molar-refractivity contribution in [1.29, 1.82) is 0 Å². The van der Waals surface area contributed by atoms with Gasteiger partial charge in [-0.1, -0.05) is 261 Å². The summed E-state index contributed by atoms with van der Waals surface area (Å²) < 4.78 is 56.1. The first-order valence-electron chi connectivity index (χ1n) is 37.2. The first-order valence-corrected chi connectivity index (χ1v) is 37.2. The summed E-state index contributed by atoms with van der Waals surface area (Å²) in [5.74, 6) is 6.25. The van der Waals surface area contributed by atoms with E-state index in [9.17, 15) is 0 Å². The third-order valence-electron chi connectivity index (χ3n) is 17.5. The van der Waals surface area contributed by atoms with Gasteiger partial charge in [-0.05, 0) is 144 Å². The summed E-state index contributed by atoms with van der Waals surface area (Å²) in [5.41, 5.74) is 8.43. The number of hydrogen-bond acceptors (Lipinski definition) is 8. The predicted octanol–water partition coefficient (Wildman–Crippen LogP) is 25.5. The molecule has 0 unspecified atom stereocenters. The molecule has 496 valence electrons. The van der Waals surface area contributed by atoms with Gasteiger partial charge in [0.2, 0.25) is 0 Å². The fourth-order valence-corrected chi connectivity index (χ4v) is 12.0. The Morgan fingerprint density at radius 2 is 0.250 bits per heavy atom. The SMILES string of the molecule is CCCCCCCOc1cc2c(cc1OCCCCCCC)-c1cc(OCCCCCCC)c(OCCCCCCC)cc1-c1cc(OCCCCCCC)c(OCCCCCCC)cc1-c1cc(OCCCCCCC)c(OCCCCCCC)cc1-2. The van der Waals surface area contributed by atoms with Gasteiger partial charge in [-0.25, -0.2) is 0 Å². The van der Waals surface area contributed by atoms with Crippen LogP contribution < -0.4 is 37.9 Å². The molecule has 0 radical (unpaired) electrons. The monoisotopic (exact) mass is 1220 g/mol. The van der Waals surface area contributed by atoms with Gasteiger partial charge in [0, 0.05) is 0 Å². The Morgan fingerprint density at radius 1 is 0.148 bits per heavy atom. The van der Waals surface area contributed by atoms with E-state index in [2.05, 4.69) is 104 Å². The third kappa shape index (κ3) is 27.0. The van der Waals surface area contributed by atoms with Crippen molar-refractivity contribution in [3.8, 4) is 90.5 Å². The van der Waals surface area contributed by atoms with Gasteiger partial charge in [0.1, 0.15) is 0 Å². The largest absolute Gasteiger partial charge is 0.490 e. The molecule has 8 nitrogen and oxygen atoms in total. The standard InChI is InChI=1S/C80H128O8/c1-9-17-25-33-41-49-81-73-57-65-66(58-74(73)82-50-42-34-26-18-10-2)68-60-76(84-52-44-36-28-20-12-4)78(86-54-46-38-30-22-14-6)62-70(68)72-64-80(88-56-48-40-32-24-16-8)79(87-55-47-39-31-23-15-7)63-71(72)69-61-77(85-53-45-37-29-21-13-5)75(59-67(65)69)83-51-43-35-27-19-11-3/h57-64H,9-56H2,1-8H3. The Kier molecular flexibility index (Phi) is 39.7. The lowest BCUT2D eigenvalue weighted by atomic mass is 9.80. The van der Waals surface area contributed by atoms with E-state index in [-0.39, 0.29) is 0 Å². The molecule has 0 saturated carbocycles. The molecule has 0 saturated heterocycles. The van der Waals surface area contributed by atoms with Crippen molar-refractivity contribution in [3.05, 3.63) is 48.5 Å². The molecule has 0 fully saturated rings. The first-order chi connectivity index (χ1) is 43.5. The molecule has 0 spiro atoms. The fourth-order valence-electron chi connectivity index (χ4n) is 12.0. The molecule has 0 heterocycles. The summed E-state index contributed by atoms with van der Waals surface area (Å²) in [6.07, 6.45) is 46.3. The van der Waals surface area contributed by atoms with Crippen LogP contribution in [0.4, 0.5) is 0 Å². The average molecular weight is 1220 g/mol. The Balaban J connectivity index is 1.89. The summed E-state index contributed by atoms with van der Waals surface area (Å²) in [4.78, 5) is 0. The minimum absolute atomic E-state index is 0.620. The molecule has 4 aromatic rings. The first kappa shape index (κ1) is 74.0. The molecule has 0 bridgehead atoms. The second-order valence-electron chi connectivity index (χ2n) is 25.5. The topological polar surface area (TPSA) is 73.8 Å². The van der Waals surface area contributed by atoms with Crippen LogP contribution in [0.25, 0.3) is 44.5 Å². The van der Waals surface area contributed by atoms with E-state index in [1.165, 1.54) is 154 Å². The summed E-state index contributed by atoms with van der Waals surface area (Å²) >= 11 is 0. The number of benzene rings is 4. The molecule has 0 amide bonds. The van der Waals surface area contributed by atoms with Crippen LogP contribution in [-0.2, 0) is 0 Å². The maximum Gasteiger partial charge on any atom is 0.161 e. The summed E-state index contributed by atoms with van der Waals surface area (Å²) in [6.45, 7) is 23.2. The van der Waals surface area contributed by atoms with Crippen LogP contribution in [-0.4, -0.2) is 52.9 Å². The van der Waals surface area contributed by atoms with Crippen molar-refractivity contribution in [2.45, 2.75) is 312 Å². The van der Waals surface area contributed by atoms with E-state index < -0.39 is 0 Å². The molecule has 1 aliphatic carbocycles. The number of fused-ring (bicyclic) bond motifs is 8. The van der Waals surface area contributed by atoms with Gasteiger partial charge >= 0.3 is 0 Å². The number of rotatable bonds is 56. The molecular weight excluding hydrogens is 1090 g/mol. The van der Waals surface area contributed by atoms with Gasteiger partial charge in [0.05, 0.1) is 52.9 Å². The highest BCUT2D eigenvalue weighted by atomic mass is 16.5. The highest BCUT2D eigenvalue weighted by Gasteiger charge is 2.30. The van der Waals surface area contributed by atoms with Crippen LogP contribution in [0.5, 0.6) is 46.0 Å². The summed E-state index contributed by atoms with van der Waals surface area (Å²) in [6, 6.07) is 18.4. The predicted molar refractivity (Wildman–Crippen MR) is 376 cm³/mol. The lowest BCUT2D eigenvalue weighted by Crippen LogP contribution is -2.08. The van der Waals surface area contributed by atoms with Gasteiger partial charge in [-0.15, -0.1) is 0 Å². The normalized spacial score (nSPS) is 11.5. The Morgan fingerprint density at radius 3 is 0.352 bits per heavy atom. The molecular formula is C80H128O8. The smallest absolute Gasteiger partial charge is 0.161 e. The van der Waals surface area contributed by atoms with Crippen molar-refractivity contribution in [1.82, 2.24) is 0 Å². The van der Waals surface area contributed by atoms with Crippen LogP contribution in [0.15, 0.2) is 48.5 Å². The van der Waals surface area contributed by atoms with E-state index in [1.807, 2.05) is 0 Å². The van der Waals surface area contributed by atoms with Crippen LogP contribution in [0.1, 0.15) is 312 Å². The van der Waals surface area contributed by atoms with E-state index in [1.54, 1.807) is 0 Å². The molecule has 0 N–H and O–H groups in total. The molecule has 5 rings (SSSR count). The highest BCUT2D eigenvalue weighted by molar-refractivity contribution is 6.05. The highest BCUT2D eigenvalue weighted by Crippen LogP contribution is 2.56. The van der Waals surface area contributed by atoms with Gasteiger partial charge in [-0.3, -0.25) is 0 Å². The zero-order valence-corrected chi connectivity index (χ0v) is 57.8. The zero-order valence-electron chi connectivity index (χ0n) is 57.8. The molecule has 0 atom stereocenters. The summed E-state index contributed by atoms with van der Waals surface area (Å²) in [7, 11) is 0. The lowest BCUT2D eigenvalue weighted by molar-refractivity contribution is 0.258. The molecule has 8 heteroatoms. The van der Waals surface area contributed by atoms with Gasteiger partial charge in [0.25, 0.3) is 0 Å². The van der Waals surface area contributed by atoms with Gasteiger partial charge in [-0.2, -0.15) is 0 Å². The fraction of sp³-hybridized carbons (Fsp3) is 0.700.